The predicted octanol–water partition coefficient (Wildman–Crippen LogP) is 0.404. The van der Waals surface area contributed by atoms with Crippen LogP contribution in [0.4, 0.5) is 0 Å². The Morgan fingerprint density at radius 2 is 2.12 bits per heavy atom. The average molecular weight is 260 g/mol. The van der Waals surface area contributed by atoms with Crippen LogP contribution in [-0.4, -0.2) is 40.0 Å². The molecule has 94 valence electrons. The van der Waals surface area contributed by atoms with Gasteiger partial charge in [0.25, 0.3) is 0 Å². The van der Waals surface area contributed by atoms with Crippen LogP contribution in [0.2, 0.25) is 0 Å². The van der Waals surface area contributed by atoms with Gasteiger partial charge in [0.05, 0.1) is 17.0 Å². The molecule has 2 unspecified atom stereocenters. The van der Waals surface area contributed by atoms with E-state index in [9.17, 15) is 19.8 Å². The highest BCUT2D eigenvalue weighted by atomic mass is 32.1. The number of ether oxygens (including phenoxy) is 1. The van der Waals surface area contributed by atoms with E-state index >= 15 is 0 Å². The number of rotatable bonds is 5. The van der Waals surface area contributed by atoms with Crippen LogP contribution in [-0.2, 0) is 9.53 Å². The monoisotopic (exact) mass is 260 g/mol. The van der Waals surface area contributed by atoms with Crippen molar-refractivity contribution in [1.29, 1.82) is 0 Å². The molecule has 17 heavy (non-hydrogen) atoms. The molecule has 0 saturated carbocycles. The van der Waals surface area contributed by atoms with Gasteiger partial charge >= 0.3 is 11.9 Å². The van der Waals surface area contributed by atoms with E-state index in [1.165, 1.54) is 11.4 Å². The predicted molar refractivity (Wildman–Crippen MR) is 58.9 cm³/mol. The molecule has 1 rings (SSSR count). The zero-order valence-corrected chi connectivity index (χ0v) is 9.81. The van der Waals surface area contributed by atoms with Gasteiger partial charge in [0, 0.05) is 0 Å². The Morgan fingerprint density at radius 3 is 2.65 bits per heavy atom. The molecule has 0 aromatic carbocycles. The largest absolute Gasteiger partial charge is 0.478 e. The van der Waals surface area contributed by atoms with Crippen LogP contribution in [0.25, 0.3) is 0 Å². The minimum Gasteiger partial charge on any atom is -0.478 e. The lowest BCUT2D eigenvalue weighted by Crippen LogP contribution is -2.30. The molecule has 0 bridgehead atoms. The number of hydrogen-bond donors (Lipinski definition) is 3. The van der Waals surface area contributed by atoms with Gasteiger partial charge in [-0.25, -0.2) is 9.59 Å². The van der Waals surface area contributed by atoms with Crippen LogP contribution in [0.5, 0.6) is 0 Å². The summed E-state index contributed by atoms with van der Waals surface area (Å²) in [6, 6.07) is 1.30. The fraction of sp³-hybridized carbons (Fsp3) is 0.400. The van der Waals surface area contributed by atoms with Gasteiger partial charge in [-0.2, -0.15) is 0 Å². The number of carboxylic acids is 1. The number of esters is 1. The number of thiophene rings is 1. The Balaban J connectivity index is 2.88. The van der Waals surface area contributed by atoms with Crippen molar-refractivity contribution in [3.05, 3.63) is 21.9 Å². The third kappa shape index (κ3) is 3.02. The number of carbonyl (C=O) groups is 2. The first-order chi connectivity index (χ1) is 7.99. The van der Waals surface area contributed by atoms with Gasteiger partial charge in [0.1, 0.15) is 6.10 Å². The molecule has 0 fully saturated rings. The maximum Gasteiger partial charge on any atom is 0.338 e. The van der Waals surface area contributed by atoms with Gasteiger partial charge < -0.3 is 20.1 Å². The van der Waals surface area contributed by atoms with Gasteiger partial charge in [-0.05, 0) is 18.4 Å². The van der Waals surface area contributed by atoms with Crippen molar-refractivity contribution in [3.63, 3.8) is 0 Å². The number of carbonyl (C=O) groups excluding carboxylic acids is 1. The van der Waals surface area contributed by atoms with Crippen LogP contribution in [0.3, 0.4) is 0 Å². The SMILES string of the molecule is CCOC(=O)C(O)C(O)c1sccc1C(=O)O. The number of hydrogen-bond acceptors (Lipinski definition) is 6. The first kappa shape index (κ1) is 13.6. The highest BCUT2D eigenvalue weighted by molar-refractivity contribution is 7.10. The van der Waals surface area contributed by atoms with Crippen LogP contribution in [0.15, 0.2) is 11.4 Å². The fourth-order valence-corrected chi connectivity index (χ4v) is 2.13. The van der Waals surface area contributed by atoms with Crippen molar-refractivity contribution < 1.29 is 29.6 Å². The summed E-state index contributed by atoms with van der Waals surface area (Å²) >= 11 is 0.951. The Labute approximate surface area is 101 Å². The van der Waals surface area contributed by atoms with Crippen molar-refractivity contribution >= 4 is 23.3 Å². The smallest absolute Gasteiger partial charge is 0.338 e. The van der Waals surface area contributed by atoms with Gasteiger partial charge in [-0.3, -0.25) is 0 Å². The maximum absolute atomic E-state index is 11.2. The van der Waals surface area contributed by atoms with E-state index in [0.29, 0.717) is 0 Å². The first-order valence-corrected chi connectivity index (χ1v) is 5.70. The molecule has 0 aliphatic carbocycles. The maximum atomic E-state index is 11.2. The zero-order chi connectivity index (χ0) is 13.0. The Hall–Kier alpha value is -1.44. The summed E-state index contributed by atoms with van der Waals surface area (Å²) in [7, 11) is 0. The van der Waals surface area contributed by atoms with Crippen molar-refractivity contribution in [2.24, 2.45) is 0 Å². The van der Waals surface area contributed by atoms with Crippen molar-refractivity contribution in [3.8, 4) is 0 Å². The topological polar surface area (TPSA) is 104 Å². The summed E-state index contributed by atoms with van der Waals surface area (Å²) < 4.78 is 4.53. The molecular weight excluding hydrogens is 248 g/mol. The molecule has 0 aliphatic rings. The highest BCUT2D eigenvalue weighted by Gasteiger charge is 2.30. The van der Waals surface area contributed by atoms with E-state index in [4.69, 9.17) is 5.11 Å². The van der Waals surface area contributed by atoms with E-state index < -0.39 is 24.1 Å². The normalized spacial score (nSPS) is 14.1. The first-order valence-electron chi connectivity index (χ1n) is 4.82. The molecule has 0 aliphatic heterocycles. The average Bonchev–Trinajstić information content (AvgIpc) is 2.76. The lowest BCUT2D eigenvalue weighted by Gasteiger charge is -2.15. The molecule has 1 aromatic rings. The summed E-state index contributed by atoms with van der Waals surface area (Å²) in [5.74, 6) is -2.21. The second-order valence-electron chi connectivity index (χ2n) is 3.15. The lowest BCUT2D eigenvalue weighted by atomic mass is 10.1. The van der Waals surface area contributed by atoms with Crippen LogP contribution in [0.1, 0.15) is 28.3 Å². The molecule has 2 atom stereocenters. The standard InChI is InChI=1S/C10H12O6S/c1-2-16-10(15)7(12)6(11)8-5(9(13)14)3-4-17-8/h3-4,6-7,11-12H,2H2,1H3,(H,13,14). The fourth-order valence-electron chi connectivity index (χ4n) is 1.23. The van der Waals surface area contributed by atoms with Crippen LogP contribution >= 0.6 is 11.3 Å². The summed E-state index contributed by atoms with van der Waals surface area (Å²) in [4.78, 5) is 22.0. The van der Waals surface area contributed by atoms with Crippen molar-refractivity contribution in [2.45, 2.75) is 19.1 Å². The molecule has 3 N–H and O–H groups in total. The van der Waals surface area contributed by atoms with E-state index in [1.54, 1.807) is 6.92 Å². The number of aliphatic hydroxyl groups excluding tert-OH is 2. The molecule has 0 saturated heterocycles. The van der Waals surface area contributed by atoms with Crippen LogP contribution in [0, 0.1) is 0 Å². The molecule has 0 amide bonds. The lowest BCUT2D eigenvalue weighted by molar-refractivity contribution is -0.159. The van der Waals surface area contributed by atoms with E-state index in [-0.39, 0.29) is 17.0 Å². The minimum absolute atomic E-state index is 0.0260. The quantitative estimate of drug-likeness (QED) is 0.662. The van der Waals surface area contributed by atoms with Gasteiger partial charge in [-0.1, -0.05) is 0 Å². The molecule has 0 radical (unpaired) electrons. The van der Waals surface area contributed by atoms with Gasteiger partial charge in [-0.15, -0.1) is 11.3 Å². The molecule has 7 heteroatoms. The second kappa shape index (κ2) is 5.76. The zero-order valence-electron chi connectivity index (χ0n) is 8.99. The molecule has 1 heterocycles. The van der Waals surface area contributed by atoms with Gasteiger partial charge in [0.15, 0.2) is 6.10 Å². The summed E-state index contributed by atoms with van der Waals surface area (Å²) in [6.07, 6.45) is -3.38. The number of carboxylic acid groups (broad SMARTS) is 1. The van der Waals surface area contributed by atoms with E-state index in [1.807, 2.05) is 0 Å². The molecule has 0 spiro atoms. The minimum atomic E-state index is -1.79. The molecule has 6 nitrogen and oxygen atoms in total. The van der Waals surface area contributed by atoms with E-state index in [2.05, 4.69) is 4.74 Å². The summed E-state index contributed by atoms with van der Waals surface area (Å²) in [5, 5.41) is 29.5. The Kier molecular flexibility index (Phi) is 4.62. The Bertz CT molecular complexity index is 413. The highest BCUT2D eigenvalue weighted by Crippen LogP contribution is 2.27. The molecular formula is C10H12O6S. The van der Waals surface area contributed by atoms with Crippen molar-refractivity contribution in [2.75, 3.05) is 6.61 Å². The van der Waals surface area contributed by atoms with Gasteiger partial charge in [0.2, 0.25) is 0 Å². The number of aromatic carboxylic acids is 1. The third-order valence-corrected chi connectivity index (χ3v) is 3.01. The second-order valence-corrected chi connectivity index (χ2v) is 4.09. The van der Waals surface area contributed by atoms with Crippen molar-refractivity contribution in [1.82, 2.24) is 0 Å². The van der Waals surface area contributed by atoms with Crippen LogP contribution < -0.4 is 0 Å². The number of aliphatic hydroxyl groups is 2. The Morgan fingerprint density at radius 1 is 1.47 bits per heavy atom. The third-order valence-electron chi connectivity index (χ3n) is 2.02. The van der Waals surface area contributed by atoms with E-state index in [0.717, 1.165) is 11.3 Å². The summed E-state index contributed by atoms with van der Waals surface area (Å²) in [6.45, 7) is 1.63. The molecule has 1 aromatic heterocycles. The summed E-state index contributed by atoms with van der Waals surface area (Å²) in [5.41, 5.74) is -0.133.